The molecule has 1 spiro atoms. The van der Waals surface area contributed by atoms with Crippen molar-refractivity contribution in [2.75, 3.05) is 26.4 Å². The topological polar surface area (TPSA) is 56.7 Å². The van der Waals surface area contributed by atoms with Crippen LogP contribution in [0.25, 0.3) is 0 Å². The van der Waals surface area contributed by atoms with Gasteiger partial charge in [0.25, 0.3) is 5.19 Å². The quantitative estimate of drug-likeness (QED) is 0.769. The zero-order valence-corrected chi connectivity index (χ0v) is 17.4. The minimum atomic E-state index is 0.213. The third-order valence-electron chi connectivity index (χ3n) is 6.40. The summed E-state index contributed by atoms with van der Waals surface area (Å²) in [5.41, 5.74) is 3.07. The highest BCUT2D eigenvalue weighted by Crippen LogP contribution is 2.52. The minimum Gasteiger partial charge on any atom is -0.486 e. The maximum Gasteiger partial charge on any atom is 0.294 e. The van der Waals surface area contributed by atoms with Gasteiger partial charge in [-0.2, -0.15) is 0 Å². The van der Waals surface area contributed by atoms with E-state index in [0.717, 1.165) is 29.6 Å². The number of rotatable bonds is 4. The number of hydrogen-bond donors (Lipinski definition) is 0. The van der Waals surface area contributed by atoms with Crippen LogP contribution in [0.2, 0.25) is 0 Å². The van der Waals surface area contributed by atoms with Gasteiger partial charge in [-0.15, -0.1) is 10.2 Å². The summed E-state index contributed by atoms with van der Waals surface area (Å²) in [4.78, 5) is 2.56. The Balaban J connectivity index is 1.50. The Labute approximate surface area is 169 Å². The normalized spacial score (nSPS) is 23.0. The molecule has 0 radical (unpaired) electrons. The van der Waals surface area contributed by atoms with Crippen molar-refractivity contribution in [2.45, 2.75) is 57.5 Å². The fourth-order valence-corrected chi connectivity index (χ4v) is 5.82. The van der Waals surface area contributed by atoms with E-state index in [1.807, 2.05) is 6.92 Å². The van der Waals surface area contributed by atoms with Crippen LogP contribution in [0.3, 0.4) is 0 Å². The smallest absolute Gasteiger partial charge is 0.294 e. The first-order valence-electron chi connectivity index (χ1n) is 10.3. The highest BCUT2D eigenvalue weighted by Gasteiger charge is 2.45. The molecule has 0 saturated heterocycles. The molecule has 1 fully saturated rings. The second-order valence-electron chi connectivity index (χ2n) is 8.05. The largest absolute Gasteiger partial charge is 0.486 e. The first kappa shape index (κ1) is 18.2. The van der Waals surface area contributed by atoms with Gasteiger partial charge in [-0.3, -0.25) is 4.90 Å². The number of benzene rings is 1. The maximum atomic E-state index is 5.91. The van der Waals surface area contributed by atoms with Crippen molar-refractivity contribution in [1.82, 2.24) is 15.1 Å². The van der Waals surface area contributed by atoms with Crippen LogP contribution < -0.4 is 14.2 Å². The van der Waals surface area contributed by atoms with E-state index in [0.29, 0.717) is 31.1 Å². The molecule has 1 aromatic heterocycles. The van der Waals surface area contributed by atoms with Crippen LogP contribution in [0.1, 0.15) is 61.7 Å². The Morgan fingerprint density at radius 2 is 1.93 bits per heavy atom. The van der Waals surface area contributed by atoms with Crippen LogP contribution in [0.15, 0.2) is 12.1 Å². The van der Waals surface area contributed by atoms with Gasteiger partial charge >= 0.3 is 0 Å². The molecule has 1 atom stereocenters. The first-order valence-corrected chi connectivity index (χ1v) is 11.1. The van der Waals surface area contributed by atoms with E-state index < -0.39 is 0 Å². The molecule has 7 heteroatoms. The first-order chi connectivity index (χ1) is 13.7. The van der Waals surface area contributed by atoms with Gasteiger partial charge in [0.1, 0.15) is 18.2 Å². The standard InChI is InChI=1S/C21H27N3O3S/c1-3-25-20-23-22-19(28-20)12-24-13-21(6-4-5-7-21)16-11-18-17(26-8-9-27-18)10-15(16)14(24)2/h10-11,14H,3-9,12-13H2,1-2H3. The van der Waals surface area contributed by atoms with Gasteiger partial charge in [-0.25, -0.2) is 0 Å². The number of nitrogens with zero attached hydrogens (tertiary/aromatic N) is 3. The van der Waals surface area contributed by atoms with Gasteiger partial charge in [0.15, 0.2) is 11.5 Å². The molecule has 28 heavy (non-hydrogen) atoms. The fraction of sp³-hybridized carbons (Fsp3) is 0.619. The van der Waals surface area contributed by atoms with Crippen LogP contribution in [-0.4, -0.2) is 41.5 Å². The fourth-order valence-electron chi connectivity index (χ4n) is 5.05. The lowest BCUT2D eigenvalue weighted by Crippen LogP contribution is -2.45. The van der Waals surface area contributed by atoms with Crippen LogP contribution >= 0.6 is 11.3 Å². The van der Waals surface area contributed by atoms with Crippen molar-refractivity contribution < 1.29 is 14.2 Å². The summed E-state index contributed by atoms with van der Waals surface area (Å²) in [6.07, 6.45) is 5.07. The van der Waals surface area contributed by atoms with E-state index in [2.05, 4.69) is 34.2 Å². The molecule has 1 aromatic carbocycles. The van der Waals surface area contributed by atoms with Gasteiger partial charge in [-0.05, 0) is 49.9 Å². The summed E-state index contributed by atoms with van der Waals surface area (Å²) < 4.78 is 17.3. The molecule has 2 aliphatic heterocycles. The van der Waals surface area contributed by atoms with Gasteiger partial charge in [0.05, 0.1) is 13.2 Å². The van der Waals surface area contributed by atoms with Crippen molar-refractivity contribution >= 4 is 11.3 Å². The molecule has 3 heterocycles. The minimum absolute atomic E-state index is 0.213. The Morgan fingerprint density at radius 3 is 2.68 bits per heavy atom. The van der Waals surface area contributed by atoms with Crippen molar-refractivity contribution in [3.05, 3.63) is 28.3 Å². The second kappa shape index (κ2) is 7.19. The second-order valence-corrected chi connectivity index (χ2v) is 9.07. The summed E-state index contributed by atoms with van der Waals surface area (Å²) in [5, 5.41) is 10.2. The van der Waals surface area contributed by atoms with E-state index in [4.69, 9.17) is 14.2 Å². The monoisotopic (exact) mass is 401 g/mol. The van der Waals surface area contributed by atoms with Crippen LogP contribution in [-0.2, 0) is 12.0 Å². The van der Waals surface area contributed by atoms with E-state index in [9.17, 15) is 0 Å². The van der Waals surface area contributed by atoms with Crippen molar-refractivity contribution in [1.29, 1.82) is 0 Å². The van der Waals surface area contributed by atoms with E-state index in [1.54, 1.807) is 11.3 Å². The maximum absolute atomic E-state index is 5.91. The van der Waals surface area contributed by atoms with Crippen LogP contribution in [0.4, 0.5) is 0 Å². The number of fused-ring (bicyclic) bond motifs is 3. The molecule has 150 valence electrons. The highest BCUT2D eigenvalue weighted by molar-refractivity contribution is 7.13. The van der Waals surface area contributed by atoms with E-state index in [-0.39, 0.29) is 5.41 Å². The molecule has 2 aromatic rings. The molecule has 3 aliphatic rings. The number of aromatic nitrogens is 2. The zero-order valence-electron chi connectivity index (χ0n) is 16.6. The number of hydrogen-bond acceptors (Lipinski definition) is 7. The summed E-state index contributed by atoms with van der Waals surface area (Å²) in [7, 11) is 0. The Bertz CT molecular complexity index is 863. The molecule has 1 aliphatic carbocycles. The van der Waals surface area contributed by atoms with Crippen LogP contribution in [0.5, 0.6) is 16.7 Å². The molecule has 0 N–H and O–H groups in total. The molecular formula is C21H27N3O3S. The summed E-state index contributed by atoms with van der Waals surface area (Å²) in [6.45, 7) is 8.02. The molecule has 0 amide bonds. The van der Waals surface area contributed by atoms with Gasteiger partial charge in [-0.1, -0.05) is 24.2 Å². The molecule has 5 rings (SSSR count). The lowest BCUT2D eigenvalue weighted by Gasteiger charge is -2.46. The average molecular weight is 402 g/mol. The number of ether oxygens (including phenoxy) is 3. The molecule has 6 nitrogen and oxygen atoms in total. The van der Waals surface area contributed by atoms with Gasteiger partial charge in [0.2, 0.25) is 0 Å². The van der Waals surface area contributed by atoms with Crippen molar-refractivity contribution in [3.8, 4) is 16.7 Å². The summed E-state index contributed by atoms with van der Waals surface area (Å²) >= 11 is 1.56. The third kappa shape index (κ3) is 3.05. The van der Waals surface area contributed by atoms with Gasteiger partial charge < -0.3 is 14.2 Å². The zero-order chi connectivity index (χ0) is 19.1. The Hall–Kier alpha value is -1.86. The van der Waals surface area contributed by atoms with E-state index in [1.165, 1.54) is 36.8 Å². The summed E-state index contributed by atoms with van der Waals surface area (Å²) in [6, 6.07) is 4.81. The average Bonchev–Trinajstić information content (AvgIpc) is 3.36. The van der Waals surface area contributed by atoms with Crippen molar-refractivity contribution in [3.63, 3.8) is 0 Å². The lowest BCUT2D eigenvalue weighted by atomic mass is 9.71. The van der Waals surface area contributed by atoms with Crippen molar-refractivity contribution in [2.24, 2.45) is 0 Å². The third-order valence-corrected chi connectivity index (χ3v) is 7.22. The molecule has 0 bridgehead atoms. The van der Waals surface area contributed by atoms with Gasteiger partial charge in [0, 0.05) is 18.0 Å². The Kier molecular flexibility index (Phi) is 4.67. The lowest BCUT2D eigenvalue weighted by molar-refractivity contribution is 0.124. The van der Waals surface area contributed by atoms with E-state index >= 15 is 0 Å². The predicted octanol–water partition coefficient (Wildman–Crippen LogP) is 4.10. The Morgan fingerprint density at radius 1 is 1.18 bits per heavy atom. The molecule has 1 unspecified atom stereocenters. The predicted molar refractivity (Wildman–Crippen MR) is 107 cm³/mol. The van der Waals surface area contributed by atoms with Crippen LogP contribution in [0, 0.1) is 0 Å². The molecule has 1 saturated carbocycles. The summed E-state index contributed by atoms with van der Waals surface area (Å²) in [5.74, 6) is 1.81. The molecular weight excluding hydrogens is 374 g/mol. The SMILES string of the molecule is CCOc1nnc(CN2CC3(CCCC3)c3cc4c(cc3C2C)OCCO4)s1. The highest BCUT2D eigenvalue weighted by atomic mass is 32.1.